The SMILES string of the molecule is CCc1c(N)ncnc1Oc1cc(C#N)cc(OC)c1. The molecule has 0 spiro atoms. The molecule has 2 aromatic rings. The normalized spacial score (nSPS) is 9.85. The van der Waals surface area contributed by atoms with Gasteiger partial charge in [-0.2, -0.15) is 5.26 Å². The van der Waals surface area contributed by atoms with Gasteiger partial charge in [-0.05, 0) is 18.6 Å². The van der Waals surface area contributed by atoms with Gasteiger partial charge in [0.2, 0.25) is 5.88 Å². The summed E-state index contributed by atoms with van der Waals surface area (Å²) >= 11 is 0. The summed E-state index contributed by atoms with van der Waals surface area (Å²) < 4.78 is 10.8. The van der Waals surface area contributed by atoms with Crippen molar-refractivity contribution in [2.45, 2.75) is 13.3 Å². The third-order valence-corrected chi connectivity index (χ3v) is 2.75. The van der Waals surface area contributed by atoms with E-state index in [-0.39, 0.29) is 0 Å². The molecule has 6 heteroatoms. The number of ether oxygens (including phenoxy) is 2. The minimum absolute atomic E-state index is 0.386. The van der Waals surface area contributed by atoms with Crippen molar-refractivity contribution < 1.29 is 9.47 Å². The fourth-order valence-corrected chi connectivity index (χ4v) is 1.75. The summed E-state index contributed by atoms with van der Waals surface area (Å²) in [5, 5.41) is 8.99. The van der Waals surface area contributed by atoms with E-state index in [0.717, 1.165) is 5.56 Å². The molecule has 0 aliphatic rings. The fraction of sp³-hybridized carbons (Fsp3) is 0.214. The monoisotopic (exact) mass is 270 g/mol. The number of hydrogen-bond donors (Lipinski definition) is 1. The quantitative estimate of drug-likeness (QED) is 0.916. The van der Waals surface area contributed by atoms with Crippen LogP contribution in [0.25, 0.3) is 0 Å². The van der Waals surface area contributed by atoms with Crippen molar-refractivity contribution in [1.29, 1.82) is 5.26 Å². The molecule has 102 valence electrons. The van der Waals surface area contributed by atoms with Gasteiger partial charge in [-0.1, -0.05) is 6.92 Å². The molecule has 1 aromatic carbocycles. The lowest BCUT2D eigenvalue weighted by atomic mass is 10.2. The number of nitrogens with zero attached hydrogens (tertiary/aromatic N) is 3. The number of benzene rings is 1. The molecule has 2 N–H and O–H groups in total. The van der Waals surface area contributed by atoms with Gasteiger partial charge in [0.05, 0.1) is 24.3 Å². The van der Waals surface area contributed by atoms with Crippen LogP contribution in [0.15, 0.2) is 24.5 Å². The molecule has 0 amide bonds. The number of nitrogen functional groups attached to an aromatic ring is 1. The number of anilines is 1. The first-order chi connectivity index (χ1) is 9.67. The van der Waals surface area contributed by atoms with E-state index in [1.807, 2.05) is 6.92 Å². The molecule has 0 atom stereocenters. The highest BCUT2D eigenvalue weighted by molar-refractivity contribution is 5.48. The Labute approximate surface area is 116 Å². The molecule has 0 radical (unpaired) electrons. The first-order valence-corrected chi connectivity index (χ1v) is 6.04. The average Bonchev–Trinajstić information content (AvgIpc) is 2.47. The standard InChI is InChI=1S/C14H14N4O2/c1-3-12-13(16)17-8-18-14(12)20-11-5-9(7-15)4-10(6-11)19-2/h4-6,8H,3H2,1-2H3,(H2,16,17,18). The van der Waals surface area contributed by atoms with E-state index in [2.05, 4.69) is 16.0 Å². The molecule has 0 aliphatic carbocycles. The van der Waals surface area contributed by atoms with Crippen molar-refractivity contribution in [3.63, 3.8) is 0 Å². The van der Waals surface area contributed by atoms with E-state index in [1.165, 1.54) is 13.4 Å². The Bertz CT molecular complexity index is 665. The van der Waals surface area contributed by atoms with Crippen molar-refractivity contribution >= 4 is 5.82 Å². The second-order valence-electron chi connectivity index (χ2n) is 4.01. The van der Waals surface area contributed by atoms with Gasteiger partial charge in [0, 0.05) is 6.07 Å². The number of hydrogen-bond acceptors (Lipinski definition) is 6. The van der Waals surface area contributed by atoms with Gasteiger partial charge in [0.25, 0.3) is 0 Å². The molecule has 0 saturated carbocycles. The first-order valence-electron chi connectivity index (χ1n) is 6.04. The molecule has 0 fully saturated rings. The van der Waals surface area contributed by atoms with E-state index in [4.69, 9.17) is 20.5 Å². The van der Waals surface area contributed by atoms with Gasteiger partial charge in [-0.3, -0.25) is 0 Å². The molecule has 6 nitrogen and oxygen atoms in total. The molecule has 0 aliphatic heterocycles. The molecule has 0 saturated heterocycles. The Morgan fingerprint density at radius 2 is 2.00 bits per heavy atom. The third kappa shape index (κ3) is 2.78. The van der Waals surface area contributed by atoms with E-state index in [0.29, 0.717) is 35.2 Å². The lowest BCUT2D eigenvalue weighted by molar-refractivity contribution is 0.406. The van der Waals surface area contributed by atoms with Crippen LogP contribution >= 0.6 is 0 Å². The molecule has 0 unspecified atom stereocenters. The smallest absolute Gasteiger partial charge is 0.227 e. The molecule has 20 heavy (non-hydrogen) atoms. The summed E-state index contributed by atoms with van der Waals surface area (Å²) in [7, 11) is 1.53. The molecular formula is C14H14N4O2. The number of rotatable bonds is 4. The van der Waals surface area contributed by atoms with Crippen LogP contribution in [0.2, 0.25) is 0 Å². The Morgan fingerprint density at radius 3 is 2.65 bits per heavy atom. The predicted octanol–water partition coefficient (Wildman–Crippen LogP) is 2.29. The highest BCUT2D eigenvalue weighted by Gasteiger charge is 2.11. The largest absolute Gasteiger partial charge is 0.497 e. The van der Waals surface area contributed by atoms with Crippen LogP contribution in [0.1, 0.15) is 18.1 Å². The van der Waals surface area contributed by atoms with Gasteiger partial charge in [0.15, 0.2) is 0 Å². The average molecular weight is 270 g/mol. The lowest BCUT2D eigenvalue weighted by Crippen LogP contribution is -2.02. The van der Waals surface area contributed by atoms with Crippen molar-refractivity contribution in [2.24, 2.45) is 0 Å². The van der Waals surface area contributed by atoms with Crippen molar-refractivity contribution in [1.82, 2.24) is 9.97 Å². The van der Waals surface area contributed by atoms with Crippen LogP contribution in [-0.2, 0) is 6.42 Å². The van der Waals surface area contributed by atoms with Gasteiger partial charge in [-0.15, -0.1) is 0 Å². The maximum atomic E-state index is 8.99. The predicted molar refractivity (Wildman–Crippen MR) is 73.6 cm³/mol. The van der Waals surface area contributed by atoms with Gasteiger partial charge in [0.1, 0.15) is 23.6 Å². The van der Waals surface area contributed by atoms with Crippen LogP contribution in [0.5, 0.6) is 17.4 Å². The summed E-state index contributed by atoms with van der Waals surface area (Å²) in [6.45, 7) is 1.94. The summed E-state index contributed by atoms with van der Waals surface area (Å²) in [6, 6.07) is 6.97. The summed E-state index contributed by atoms with van der Waals surface area (Å²) in [5.41, 5.74) is 6.96. The van der Waals surface area contributed by atoms with Crippen LogP contribution < -0.4 is 15.2 Å². The Hall–Kier alpha value is -2.81. The lowest BCUT2D eigenvalue weighted by Gasteiger charge is -2.11. The Kier molecular flexibility index (Phi) is 4.01. The molecule has 1 aromatic heterocycles. The zero-order valence-electron chi connectivity index (χ0n) is 11.3. The minimum atomic E-state index is 0.386. The second kappa shape index (κ2) is 5.89. The zero-order valence-corrected chi connectivity index (χ0v) is 11.3. The minimum Gasteiger partial charge on any atom is -0.497 e. The second-order valence-corrected chi connectivity index (χ2v) is 4.01. The van der Waals surface area contributed by atoms with Crippen molar-refractivity contribution in [2.75, 3.05) is 12.8 Å². The van der Waals surface area contributed by atoms with Gasteiger partial charge < -0.3 is 15.2 Å². The molecule has 1 heterocycles. The summed E-state index contributed by atoms with van der Waals surface area (Å²) in [4.78, 5) is 8.01. The van der Waals surface area contributed by atoms with Crippen LogP contribution in [0, 0.1) is 11.3 Å². The third-order valence-electron chi connectivity index (χ3n) is 2.75. The topological polar surface area (TPSA) is 94.0 Å². The Balaban J connectivity index is 2.40. The maximum absolute atomic E-state index is 8.99. The highest BCUT2D eigenvalue weighted by Crippen LogP contribution is 2.29. The zero-order chi connectivity index (χ0) is 14.5. The van der Waals surface area contributed by atoms with Crippen molar-refractivity contribution in [3.8, 4) is 23.4 Å². The Morgan fingerprint density at radius 1 is 1.25 bits per heavy atom. The van der Waals surface area contributed by atoms with Gasteiger partial charge >= 0.3 is 0 Å². The maximum Gasteiger partial charge on any atom is 0.227 e. The molecule has 2 rings (SSSR count). The van der Waals surface area contributed by atoms with E-state index < -0.39 is 0 Å². The number of nitrogens with two attached hydrogens (primary N) is 1. The van der Waals surface area contributed by atoms with Crippen LogP contribution in [0.4, 0.5) is 5.82 Å². The summed E-state index contributed by atoms with van der Waals surface area (Å²) in [5.74, 6) is 1.78. The van der Waals surface area contributed by atoms with E-state index >= 15 is 0 Å². The van der Waals surface area contributed by atoms with Crippen LogP contribution in [-0.4, -0.2) is 17.1 Å². The highest BCUT2D eigenvalue weighted by atomic mass is 16.5. The van der Waals surface area contributed by atoms with E-state index in [1.54, 1.807) is 18.2 Å². The number of nitriles is 1. The number of methoxy groups -OCH3 is 1. The first kappa shape index (κ1) is 13.6. The van der Waals surface area contributed by atoms with Gasteiger partial charge in [-0.25, -0.2) is 9.97 Å². The summed E-state index contributed by atoms with van der Waals surface area (Å²) in [6.07, 6.45) is 1.99. The van der Waals surface area contributed by atoms with Crippen molar-refractivity contribution in [3.05, 3.63) is 35.7 Å². The van der Waals surface area contributed by atoms with Crippen LogP contribution in [0.3, 0.4) is 0 Å². The van der Waals surface area contributed by atoms with E-state index in [9.17, 15) is 0 Å². The molecular weight excluding hydrogens is 256 g/mol. The number of aromatic nitrogens is 2. The fourth-order valence-electron chi connectivity index (χ4n) is 1.75. The molecule has 0 bridgehead atoms.